The number of benzene rings is 2. The Morgan fingerprint density at radius 2 is 2.04 bits per heavy atom. The summed E-state index contributed by atoms with van der Waals surface area (Å²) in [6, 6.07) is 17.2. The van der Waals surface area contributed by atoms with E-state index in [2.05, 4.69) is 29.0 Å². The van der Waals surface area contributed by atoms with Crippen LogP contribution in [0.15, 0.2) is 61.3 Å². The normalized spacial score (nSPS) is 10.4. The molecule has 6 heteroatoms. The Kier molecular flexibility index (Phi) is 5.13. The average molecular weight is 400 g/mol. The molecule has 0 spiro atoms. The van der Waals surface area contributed by atoms with Gasteiger partial charge >= 0.3 is 157 Å². The number of hydrogen-bond donors (Lipinski definition) is 1. The molecule has 0 fully saturated rings. The topological polar surface area (TPSA) is 89.6 Å². The van der Waals surface area contributed by atoms with Gasteiger partial charge in [0, 0.05) is 0 Å². The van der Waals surface area contributed by atoms with Crippen LogP contribution in [0.5, 0.6) is 0 Å². The monoisotopic (exact) mass is 400 g/mol. The third-order valence-electron chi connectivity index (χ3n) is 3.70. The van der Waals surface area contributed by atoms with Crippen LogP contribution in [-0.4, -0.2) is 26.6 Å². The SMILES string of the molecule is C=CC(=O)Nc1ccc2ncc(C#N)c([AsH]c3cccc(C#N)c3)c2c1. The van der Waals surface area contributed by atoms with E-state index in [0.717, 1.165) is 19.6 Å². The fourth-order valence-corrected chi connectivity index (χ4v) is 5.19. The van der Waals surface area contributed by atoms with E-state index in [4.69, 9.17) is 5.26 Å². The van der Waals surface area contributed by atoms with Gasteiger partial charge in [-0.2, -0.15) is 0 Å². The Hall–Kier alpha value is -3.40. The quantitative estimate of drug-likeness (QED) is 0.531. The molecule has 1 heterocycles. The predicted octanol–water partition coefficient (Wildman–Crippen LogP) is 1.49. The molecule has 0 saturated heterocycles. The summed E-state index contributed by atoms with van der Waals surface area (Å²) in [7, 11) is 0. The first-order valence-electron chi connectivity index (χ1n) is 7.68. The molecule has 1 unspecified atom stereocenters. The van der Waals surface area contributed by atoms with Gasteiger partial charge in [0.1, 0.15) is 0 Å². The van der Waals surface area contributed by atoms with Crippen LogP contribution in [0.2, 0.25) is 0 Å². The van der Waals surface area contributed by atoms with Gasteiger partial charge in [0.25, 0.3) is 0 Å². The molecule has 0 radical (unpaired) electrons. The summed E-state index contributed by atoms with van der Waals surface area (Å²) in [5.41, 5.74) is 2.50. The molecule has 3 rings (SSSR count). The number of nitriles is 2. The van der Waals surface area contributed by atoms with Crippen LogP contribution in [0.25, 0.3) is 10.9 Å². The fraction of sp³-hybridized carbons (Fsp3) is 0. The van der Waals surface area contributed by atoms with E-state index in [1.54, 1.807) is 18.3 Å². The van der Waals surface area contributed by atoms with Gasteiger partial charge in [-0.3, -0.25) is 0 Å². The van der Waals surface area contributed by atoms with Crippen LogP contribution in [0.4, 0.5) is 5.69 Å². The van der Waals surface area contributed by atoms with Gasteiger partial charge < -0.3 is 0 Å². The summed E-state index contributed by atoms with van der Waals surface area (Å²) in [6.45, 7) is 3.45. The standard InChI is InChI=1S/C20H13AsN4O/c1-2-19(26)25-16-6-7-18-17(9-16)20(14(11-23)12-24-18)21-15-5-3-4-13(8-15)10-22/h2-9,12,21H,1H2,(H,25,26). The minimum absolute atomic E-state index is 0.298. The van der Waals surface area contributed by atoms with Gasteiger partial charge in [-0.1, -0.05) is 0 Å². The van der Waals surface area contributed by atoms with Crippen LogP contribution in [0, 0.1) is 22.7 Å². The summed E-state index contributed by atoms with van der Waals surface area (Å²) >= 11 is -0.871. The number of fused-ring (bicyclic) bond motifs is 1. The Labute approximate surface area is 157 Å². The number of aromatic nitrogens is 1. The first kappa shape index (κ1) is 17.4. The summed E-state index contributed by atoms with van der Waals surface area (Å²) < 4.78 is 1.98. The summed E-state index contributed by atoms with van der Waals surface area (Å²) in [5.74, 6) is -0.298. The van der Waals surface area contributed by atoms with Crippen molar-refractivity contribution >= 4 is 47.0 Å². The van der Waals surface area contributed by atoms with E-state index < -0.39 is 15.8 Å². The maximum atomic E-state index is 11.6. The third kappa shape index (κ3) is 3.64. The molecule has 0 bridgehead atoms. The van der Waals surface area contributed by atoms with Crippen molar-refractivity contribution in [2.24, 2.45) is 0 Å². The van der Waals surface area contributed by atoms with Gasteiger partial charge in [-0.25, -0.2) is 0 Å². The van der Waals surface area contributed by atoms with Gasteiger partial charge in [-0.15, -0.1) is 0 Å². The maximum absolute atomic E-state index is 11.6. The number of pyridine rings is 1. The molecular formula is C20H13AsN4O. The van der Waals surface area contributed by atoms with Crippen molar-refractivity contribution < 1.29 is 4.79 Å². The Bertz CT molecular complexity index is 1110. The molecule has 124 valence electrons. The molecule has 0 aliphatic heterocycles. The predicted molar refractivity (Wildman–Crippen MR) is 103 cm³/mol. The number of anilines is 1. The molecule has 1 atom stereocenters. The molecule has 0 aliphatic rings. The van der Waals surface area contributed by atoms with Crippen LogP contribution in [0.3, 0.4) is 0 Å². The van der Waals surface area contributed by atoms with Crippen molar-refractivity contribution in [1.29, 1.82) is 10.5 Å². The second-order valence-electron chi connectivity index (χ2n) is 5.40. The van der Waals surface area contributed by atoms with Crippen molar-refractivity contribution in [1.82, 2.24) is 4.98 Å². The van der Waals surface area contributed by atoms with Crippen molar-refractivity contribution in [3.8, 4) is 12.1 Å². The number of nitrogens with zero attached hydrogens (tertiary/aromatic N) is 3. The number of hydrogen-bond acceptors (Lipinski definition) is 4. The van der Waals surface area contributed by atoms with E-state index in [0.29, 0.717) is 16.8 Å². The van der Waals surface area contributed by atoms with Crippen molar-refractivity contribution in [2.75, 3.05) is 5.32 Å². The molecule has 0 saturated carbocycles. The summed E-state index contributed by atoms with van der Waals surface area (Å²) in [4.78, 5) is 15.9. The summed E-state index contributed by atoms with van der Waals surface area (Å²) in [5, 5.41) is 22.2. The third-order valence-corrected chi connectivity index (χ3v) is 6.62. The molecule has 2 aromatic carbocycles. The van der Waals surface area contributed by atoms with Crippen LogP contribution >= 0.6 is 0 Å². The number of carbonyl (C=O) groups excluding carboxylic acids is 1. The molecule has 1 aromatic heterocycles. The van der Waals surface area contributed by atoms with Crippen molar-refractivity contribution in [2.45, 2.75) is 0 Å². The number of nitrogens with one attached hydrogen (secondary N) is 1. The molecule has 1 amide bonds. The van der Waals surface area contributed by atoms with Gasteiger partial charge in [-0.05, 0) is 0 Å². The van der Waals surface area contributed by atoms with E-state index in [1.807, 2.05) is 30.3 Å². The molecule has 0 aliphatic carbocycles. The second kappa shape index (κ2) is 7.66. The minimum atomic E-state index is -0.871. The van der Waals surface area contributed by atoms with E-state index >= 15 is 0 Å². The van der Waals surface area contributed by atoms with E-state index in [-0.39, 0.29) is 5.91 Å². The Morgan fingerprint density at radius 3 is 2.77 bits per heavy atom. The average Bonchev–Trinajstić information content (AvgIpc) is 2.68. The fourth-order valence-electron chi connectivity index (χ4n) is 2.49. The number of carbonyl (C=O) groups is 1. The van der Waals surface area contributed by atoms with Crippen molar-refractivity contribution in [3.05, 3.63) is 72.4 Å². The zero-order valence-corrected chi connectivity index (χ0v) is 15.8. The number of amides is 1. The van der Waals surface area contributed by atoms with Crippen molar-refractivity contribution in [3.63, 3.8) is 0 Å². The first-order chi connectivity index (χ1) is 12.6. The summed E-state index contributed by atoms with van der Waals surface area (Å²) in [6.07, 6.45) is 2.79. The zero-order chi connectivity index (χ0) is 18.5. The molecule has 26 heavy (non-hydrogen) atoms. The molecule has 5 nitrogen and oxygen atoms in total. The van der Waals surface area contributed by atoms with Gasteiger partial charge in [0.15, 0.2) is 0 Å². The molecular weight excluding hydrogens is 387 g/mol. The van der Waals surface area contributed by atoms with Gasteiger partial charge in [0.2, 0.25) is 0 Å². The zero-order valence-electron chi connectivity index (χ0n) is 13.7. The van der Waals surface area contributed by atoms with Gasteiger partial charge in [0.05, 0.1) is 0 Å². The van der Waals surface area contributed by atoms with Crippen LogP contribution in [0.1, 0.15) is 11.1 Å². The van der Waals surface area contributed by atoms with E-state index in [9.17, 15) is 10.1 Å². The Morgan fingerprint density at radius 1 is 1.19 bits per heavy atom. The van der Waals surface area contributed by atoms with E-state index in [1.165, 1.54) is 6.08 Å². The van der Waals surface area contributed by atoms with Crippen LogP contribution < -0.4 is 14.0 Å². The molecule has 1 N–H and O–H groups in total. The van der Waals surface area contributed by atoms with Crippen LogP contribution in [-0.2, 0) is 4.79 Å². The second-order valence-corrected chi connectivity index (χ2v) is 8.19. The first-order valence-corrected chi connectivity index (χ1v) is 9.78. The molecule has 3 aromatic rings. The number of rotatable bonds is 4. The Balaban J connectivity index is 2.12.